The molecule has 0 radical (unpaired) electrons. The second kappa shape index (κ2) is 9.67. The summed E-state index contributed by atoms with van der Waals surface area (Å²) in [6.07, 6.45) is 1.34. The summed E-state index contributed by atoms with van der Waals surface area (Å²) in [6.45, 7) is 11.1. The third kappa shape index (κ3) is 4.76. The van der Waals surface area contributed by atoms with Gasteiger partial charge in [-0.25, -0.2) is 9.97 Å². The molecule has 0 saturated carbocycles. The molecule has 5 heteroatoms. The van der Waals surface area contributed by atoms with Crippen LogP contribution in [0.3, 0.4) is 0 Å². The third-order valence-electron chi connectivity index (χ3n) is 7.28. The molecule has 1 unspecified atom stereocenters. The zero-order valence-corrected chi connectivity index (χ0v) is 20.5. The molecular weight excluding hydrogens is 420 g/mol. The highest BCUT2D eigenvalue weighted by Gasteiger charge is 2.31. The summed E-state index contributed by atoms with van der Waals surface area (Å²) >= 11 is 0. The molecule has 1 aliphatic heterocycles. The first-order valence-electron chi connectivity index (χ1n) is 12.5. The third-order valence-corrected chi connectivity index (χ3v) is 7.28. The van der Waals surface area contributed by atoms with Crippen LogP contribution in [0.5, 0.6) is 0 Å². The quantitative estimate of drug-likeness (QED) is 0.534. The van der Waals surface area contributed by atoms with Crippen LogP contribution in [0.2, 0.25) is 0 Å². The number of hydrogen-bond acceptors (Lipinski definition) is 5. The lowest BCUT2D eigenvalue weighted by atomic mass is 9.81. The van der Waals surface area contributed by atoms with Crippen LogP contribution in [-0.4, -0.2) is 46.8 Å². The Bertz CT molecular complexity index is 1150. The van der Waals surface area contributed by atoms with Crippen molar-refractivity contribution in [1.82, 2.24) is 14.9 Å². The fraction of sp³-hybridized carbons (Fsp3) is 0.414. The Hall–Kier alpha value is -3.05. The number of aromatic nitrogens is 2. The minimum Gasteiger partial charge on any atom is -0.338 e. The molecule has 0 spiro atoms. The van der Waals surface area contributed by atoms with E-state index in [1.807, 2.05) is 6.92 Å². The average Bonchev–Trinajstić information content (AvgIpc) is 2.84. The number of fused-ring (bicyclic) bond motifs is 1. The minimum absolute atomic E-state index is 0.177. The molecule has 1 atom stereocenters. The van der Waals surface area contributed by atoms with E-state index in [4.69, 9.17) is 9.97 Å². The van der Waals surface area contributed by atoms with Crippen LogP contribution in [0.1, 0.15) is 70.5 Å². The van der Waals surface area contributed by atoms with Crippen molar-refractivity contribution in [2.75, 3.05) is 31.1 Å². The summed E-state index contributed by atoms with van der Waals surface area (Å²) in [7, 11) is 0. The molecule has 0 N–H and O–H groups in total. The highest BCUT2D eigenvalue weighted by Crippen LogP contribution is 2.34. The van der Waals surface area contributed by atoms with Crippen molar-refractivity contribution >= 4 is 11.7 Å². The molecule has 2 heterocycles. The lowest BCUT2D eigenvalue weighted by Gasteiger charge is -2.35. The van der Waals surface area contributed by atoms with Gasteiger partial charge in [-0.15, -0.1) is 0 Å². The summed E-state index contributed by atoms with van der Waals surface area (Å²) in [5.41, 5.74) is 6.41. The van der Waals surface area contributed by atoms with Crippen LogP contribution >= 0.6 is 0 Å². The lowest BCUT2D eigenvalue weighted by Crippen LogP contribution is -2.46. The van der Waals surface area contributed by atoms with Crippen LogP contribution in [0.4, 0.5) is 5.95 Å². The number of carbonyl (C=O) groups is 1. The second-order valence-electron chi connectivity index (χ2n) is 10.0. The van der Waals surface area contributed by atoms with Crippen molar-refractivity contribution in [1.29, 1.82) is 0 Å². The topological polar surface area (TPSA) is 49.3 Å². The standard InChI is InChI=1S/C29H34N4O/c1-20(2)23-9-11-24(12-10-23)25-17-26-28(27(34)18-25)21(3)30-29(31-26)33-15-13-32(14-16-33)19-22-7-5-4-6-8-22/h4-12,20,25H,13-19H2,1-3H3. The van der Waals surface area contributed by atoms with E-state index in [1.165, 1.54) is 16.7 Å². The van der Waals surface area contributed by atoms with Gasteiger partial charge >= 0.3 is 0 Å². The molecule has 1 fully saturated rings. The number of aryl methyl sites for hydroxylation is 1. The monoisotopic (exact) mass is 454 g/mol. The molecule has 2 aromatic carbocycles. The van der Waals surface area contributed by atoms with Crippen LogP contribution in [-0.2, 0) is 13.0 Å². The van der Waals surface area contributed by atoms with Gasteiger partial charge in [0.25, 0.3) is 0 Å². The molecule has 1 aliphatic carbocycles. The number of hydrogen-bond donors (Lipinski definition) is 0. The van der Waals surface area contributed by atoms with Crippen molar-refractivity contribution in [3.05, 3.63) is 88.2 Å². The first kappa shape index (κ1) is 22.7. The SMILES string of the molecule is Cc1nc(N2CCN(Cc3ccccc3)CC2)nc2c1C(=O)CC(c1ccc(C(C)C)cc1)C2. The predicted octanol–water partition coefficient (Wildman–Crippen LogP) is 5.14. The number of nitrogens with zero attached hydrogens (tertiary/aromatic N) is 4. The van der Waals surface area contributed by atoms with Crippen molar-refractivity contribution in [2.24, 2.45) is 0 Å². The summed E-state index contributed by atoms with van der Waals surface area (Å²) in [5.74, 6) is 1.65. The zero-order chi connectivity index (χ0) is 23.7. The minimum atomic E-state index is 0.177. The van der Waals surface area contributed by atoms with E-state index < -0.39 is 0 Å². The Morgan fingerprint density at radius 2 is 1.62 bits per heavy atom. The van der Waals surface area contributed by atoms with Gasteiger partial charge in [0.05, 0.1) is 17.0 Å². The number of anilines is 1. The van der Waals surface area contributed by atoms with Gasteiger partial charge < -0.3 is 4.90 Å². The van der Waals surface area contributed by atoms with Gasteiger partial charge in [0.2, 0.25) is 5.95 Å². The molecule has 3 aromatic rings. The smallest absolute Gasteiger partial charge is 0.225 e. The van der Waals surface area contributed by atoms with Crippen molar-refractivity contribution in [3.63, 3.8) is 0 Å². The summed E-state index contributed by atoms with van der Waals surface area (Å²) in [6, 6.07) is 19.4. The summed E-state index contributed by atoms with van der Waals surface area (Å²) in [4.78, 5) is 27.6. The molecule has 5 nitrogen and oxygen atoms in total. The summed E-state index contributed by atoms with van der Waals surface area (Å²) < 4.78 is 0. The number of rotatable bonds is 5. The molecule has 2 aliphatic rings. The number of benzene rings is 2. The molecule has 34 heavy (non-hydrogen) atoms. The van der Waals surface area contributed by atoms with E-state index in [1.54, 1.807) is 0 Å². The van der Waals surface area contributed by atoms with E-state index in [0.717, 1.165) is 62.0 Å². The molecule has 176 valence electrons. The van der Waals surface area contributed by atoms with Crippen LogP contribution in [0, 0.1) is 6.92 Å². The maximum atomic E-state index is 13.1. The zero-order valence-electron chi connectivity index (χ0n) is 20.5. The number of Topliss-reactive ketones (excluding diaryl/α,β-unsaturated/α-hetero) is 1. The van der Waals surface area contributed by atoms with Gasteiger partial charge in [0.15, 0.2) is 5.78 Å². The largest absolute Gasteiger partial charge is 0.338 e. The van der Waals surface area contributed by atoms with Crippen LogP contribution in [0.15, 0.2) is 54.6 Å². The first-order chi connectivity index (χ1) is 16.5. The van der Waals surface area contributed by atoms with Gasteiger partial charge in [-0.3, -0.25) is 9.69 Å². The molecule has 0 amide bonds. The molecule has 5 rings (SSSR count). The molecule has 1 saturated heterocycles. The van der Waals surface area contributed by atoms with Crippen molar-refractivity contribution < 1.29 is 4.79 Å². The predicted molar refractivity (Wildman–Crippen MR) is 137 cm³/mol. The highest BCUT2D eigenvalue weighted by molar-refractivity contribution is 5.99. The van der Waals surface area contributed by atoms with E-state index in [2.05, 4.69) is 78.2 Å². The van der Waals surface area contributed by atoms with E-state index >= 15 is 0 Å². The fourth-order valence-electron chi connectivity index (χ4n) is 5.24. The van der Waals surface area contributed by atoms with Gasteiger partial charge in [-0.1, -0.05) is 68.4 Å². The van der Waals surface area contributed by atoms with Gasteiger partial charge in [0.1, 0.15) is 0 Å². The normalized spacial score (nSPS) is 18.9. The van der Waals surface area contributed by atoms with Gasteiger partial charge in [-0.05, 0) is 41.9 Å². The molecular formula is C29H34N4O. The Morgan fingerprint density at radius 3 is 2.29 bits per heavy atom. The summed E-state index contributed by atoms with van der Waals surface area (Å²) in [5, 5.41) is 0. The Labute approximate surface area is 202 Å². The van der Waals surface area contributed by atoms with Crippen LogP contribution in [0.25, 0.3) is 0 Å². The van der Waals surface area contributed by atoms with E-state index in [9.17, 15) is 4.79 Å². The fourth-order valence-corrected chi connectivity index (χ4v) is 5.24. The number of carbonyl (C=O) groups excluding carboxylic acids is 1. The lowest BCUT2D eigenvalue weighted by molar-refractivity contribution is 0.0962. The maximum Gasteiger partial charge on any atom is 0.225 e. The van der Waals surface area contributed by atoms with Crippen LogP contribution < -0.4 is 4.90 Å². The highest BCUT2D eigenvalue weighted by atomic mass is 16.1. The molecule has 0 bridgehead atoms. The Morgan fingerprint density at radius 1 is 0.912 bits per heavy atom. The van der Waals surface area contributed by atoms with Crippen molar-refractivity contribution in [2.45, 2.75) is 52.0 Å². The Balaban J connectivity index is 1.30. The van der Waals surface area contributed by atoms with Gasteiger partial charge in [0, 0.05) is 39.1 Å². The van der Waals surface area contributed by atoms with Gasteiger partial charge in [-0.2, -0.15) is 0 Å². The number of ketones is 1. The van der Waals surface area contributed by atoms with E-state index in [0.29, 0.717) is 12.3 Å². The van der Waals surface area contributed by atoms with Crippen molar-refractivity contribution in [3.8, 4) is 0 Å². The Kier molecular flexibility index (Phi) is 6.46. The first-order valence-corrected chi connectivity index (χ1v) is 12.5. The molecule has 1 aromatic heterocycles. The van der Waals surface area contributed by atoms with E-state index in [-0.39, 0.29) is 11.7 Å². The second-order valence-corrected chi connectivity index (χ2v) is 10.0. The average molecular weight is 455 g/mol. The maximum absolute atomic E-state index is 13.1. The number of piperazine rings is 1.